The number of anilines is 2. The van der Waals surface area contributed by atoms with Crippen LogP contribution in [0.25, 0.3) is 11.1 Å². The minimum absolute atomic E-state index is 0.441. The van der Waals surface area contributed by atoms with E-state index in [-0.39, 0.29) is 0 Å². The third-order valence-electron chi connectivity index (χ3n) is 5.70. The molecule has 6 nitrogen and oxygen atoms in total. The van der Waals surface area contributed by atoms with E-state index < -0.39 is 0 Å². The second-order valence-electron chi connectivity index (χ2n) is 7.78. The predicted molar refractivity (Wildman–Crippen MR) is 110 cm³/mol. The molecule has 1 aliphatic heterocycles. The zero-order valence-corrected chi connectivity index (χ0v) is 15.6. The third kappa shape index (κ3) is 3.16. The van der Waals surface area contributed by atoms with Gasteiger partial charge in [-0.2, -0.15) is 0 Å². The van der Waals surface area contributed by atoms with Crippen molar-refractivity contribution in [1.29, 1.82) is 0 Å². The molecule has 2 aliphatic rings. The molecule has 28 heavy (non-hydrogen) atoms. The summed E-state index contributed by atoms with van der Waals surface area (Å²) in [5, 5.41) is 6.95. The molecule has 142 valence electrons. The monoisotopic (exact) mass is 373 g/mol. The van der Waals surface area contributed by atoms with Gasteiger partial charge in [-0.25, -0.2) is 9.97 Å². The topological polar surface area (TPSA) is 85.1 Å². The Hall–Kier alpha value is -3.12. The van der Waals surface area contributed by atoms with Crippen LogP contribution in [0.5, 0.6) is 11.5 Å². The normalized spacial score (nSPS) is 17.6. The lowest BCUT2D eigenvalue weighted by Crippen LogP contribution is -2.63. The largest absolute Gasteiger partial charge is 0.457 e. The van der Waals surface area contributed by atoms with Crippen LogP contribution in [0.15, 0.2) is 60.9 Å². The molecule has 3 aromatic rings. The van der Waals surface area contributed by atoms with Gasteiger partial charge in [0, 0.05) is 19.1 Å². The first-order valence-corrected chi connectivity index (χ1v) is 9.62. The molecule has 0 atom stereocenters. The van der Waals surface area contributed by atoms with E-state index in [0.29, 0.717) is 17.3 Å². The number of nitrogens with zero attached hydrogens (tertiary/aromatic N) is 2. The van der Waals surface area contributed by atoms with Crippen LogP contribution in [0.4, 0.5) is 11.6 Å². The Morgan fingerprint density at radius 2 is 1.68 bits per heavy atom. The van der Waals surface area contributed by atoms with Crippen LogP contribution in [-0.4, -0.2) is 29.1 Å². The minimum Gasteiger partial charge on any atom is -0.457 e. The van der Waals surface area contributed by atoms with Crippen molar-refractivity contribution < 1.29 is 4.74 Å². The lowest BCUT2D eigenvalue weighted by molar-refractivity contribution is 0.0469. The summed E-state index contributed by atoms with van der Waals surface area (Å²) in [6.07, 6.45) is 3.87. The molecule has 1 saturated heterocycles. The number of aromatic nitrogens is 2. The lowest BCUT2D eigenvalue weighted by atomic mass is 9.61. The van der Waals surface area contributed by atoms with Crippen molar-refractivity contribution in [3.05, 3.63) is 60.9 Å². The van der Waals surface area contributed by atoms with Gasteiger partial charge >= 0.3 is 0 Å². The van der Waals surface area contributed by atoms with Crippen LogP contribution in [0, 0.1) is 5.41 Å². The number of nitrogens with two attached hydrogens (primary N) is 1. The second-order valence-corrected chi connectivity index (χ2v) is 7.78. The Kier molecular flexibility index (Phi) is 4.13. The van der Waals surface area contributed by atoms with Crippen molar-refractivity contribution >= 4 is 11.6 Å². The standard InChI is InChI=1S/C22H23N5O/c23-20-19(15-6-8-18(9-7-15)28-17-4-2-1-3-5-17)21(26-14-25-20)27-16-10-22(11-16)12-24-13-22/h1-9,14,16,24H,10-13H2,(H3,23,25,26,27). The first-order chi connectivity index (χ1) is 13.7. The molecule has 0 radical (unpaired) electrons. The molecule has 2 aromatic carbocycles. The zero-order chi connectivity index (χ0) is 19.0. The van der Waals surface area contributed by atoms with E-state index in [0.717, 1.165) is 41.5 Å². The summed E-state index contributed by atoms with van der Waals surface area (Å²) in [5.74, 6) is 2.87. The van der Waals surface area contributed by atoms with E-state index in [4.69, 9.17) is 10.5 Å². The van der Waals surface area contributed by atoms with E-state index in [9.17, 15) is 0 Å². The number of ether oxygens (including phenoxy) is 1. The van der Waals surface area contributed by atoms with Gasteiger partial charge in [-0.3, -0.25) is 0 Å². The van der Waals surface area contributed by atoms with Crippen LogP contribution in [0.3, 0.4) is 0 Å². The van der Waals surface area contributed by atoms with E-state index >= 15 is 0 Å². The van der Waals surface area contributed by atoms with Crippen LogP contribution in [0.1, 0.15) is 12.8 Å². The van der Waals surface area contributed by atoms with E-state index in [1.54, 1.807) is 0 Å². The molecule has 2 heterocycles. The van der Waals surface area contributed by atoms with E-state index in [1.807, 2.05) is 54.6 Å². The van der Waals surface area contributed by atoms with Gasteiger partial charge in [0.05, 0.1) is 5.56 Å². The number of hydrogen-bond acceptors (Lipinski definition) is 6. The lowest BCUT2D eigenvalue weighted by Gasteiger charge is -2.54. The van der Waals surface area contributed by atoms with Crippen molar-refractivity contribution in [3.8, 4) is 22.6 Å². The average Bonchev–Trinajstić information content (AvgIpc) is 2.65. The first kappa shape index (κ1) is 17.0. The Bertz CT molecular complexity index is 962. The maximum Gasteiger partial charge on any atom is 0.139 e. The summed E-state index contributed by atoms with van der Waals surface area (Å²) in [6.45, 7) is 2.26. The van der Waals surface area contributed by atoms with Crippen molar-refractivity contribution in [2.45, 2.75) is 18.9 Å². The SMILES string of the molecule is Nc1ncnc(NC2CC3(CNC3)C2)c1-c1ccc(Oc2ccccc2)cc1. The third-order valence-corrected chi connectivity index (χ3v) is 5.70. The van der Waals surface area contributed by atoms with Gasteiger partial charge in [0.2, 0.25) is 0 Å². The predicted octanol–water partition coefficient (Wildman–Crippen LogP) is 3.68. The Labute approximate surface area is 164 Å². The molecule has 4 N–H and O–H groups in total. The van der Waals surface area contributed by atoms with Gasteiger partial charge in [-0.1, -0.05) is 30.3 Å². The van der Waals surface area contributed by atoms with E-state index in [1.165, 1.54) is 19.2 Å². The highest BCUT2D eigenvalue weighted by Crippen LogP contribution is 2.46. The number of benzene rings is 2. The fourth-order valence-electron chi connectivity index (χ4n) is 4.16. The summed E-state index contributed by atoms with van der Waals surface area (Å²) >= 11 is 0. The molecule has 1 spiro atoms. The maximum atomic E-state index is 6.21. The van der Waals surface area contributed by atoms with Gasteiger partial charge in [-0.15, -0.1) is 0 Å². The van der Waals surface area contributed by atoms with E-state index in [2.05, 4.69) is 20.6 Å². The van der Waals surface area contributed by atoms with Crippen LogP contribution in [0.2, 0.25) is 0 Å². The molecule has 6 heteroatoms. The van der Waals surface area contributed by atoms with Crippen LogP contribution < -0.4 is 21.1 Å². The average molecular weight is 373 g/mol. The van der Waals surface area contributed by atoms with Gasteiger partial charge in [0.1, 0.15) is 29.5 Å². The van der Waals surface area contributed by atoms with Crippen molar-refractivity contribution in [2.75, 3.05) is 24.1 Å². The summed E-state index contributed by atoms with van der Waals surface area (Å²) in [5.41, 5.74) is 8.54. The Morgan fingerprint density at radius 3 is 2.36 bits per heavy atom. The molecular weight excluding hydrogens is 350 g/mol. The second kappa shape index (κ2) is 6.80. The highest BCUT2D eigenvalue weighted by Gasteiger charge is 2.48. The minimum atomic E-state index is 0.441. The molecule has 1 aliphatic carbocycles. The summed E-state index contributed by atoms with van der Waals surface area (Å²) in [6, 6.07) is 18.1. The quantitative estimate of drug-likeness (QED) is 0.633. The first-order valence-electron chi connectivity index (χ1n) is 9.62. The molecule has 0 amide bonds. The fourth-order valence-corrected chi connectivity index (χ4v) is 4.16. The number of hydrogen-bond donors (Lipinski definition) is 3. The maximum absolute atomic E-state index is 6.21. The Morgan fingerprint density at radius 1 is 0.964 bits per heavy atom. The molecule has 1 saturated carbocycles. The summed E-state index contributed by atoms with van der Waals surface area (Å²) < 4.78 is 5.88. The van der Waals surface area contributed by atoms with Crippen molar-refractivity contribution in [2.24, 2.45) is 5.41 Å². The summed E-state index contributed by atoms with van der Waals surface area (Å²) in [7, 11) is 0. The van der Waals surface area contributed by atoms with Gasteiger partial charge < -0.3 is 21.1 Å². The fraction of sp³-hybridized carbons (Fsp3) is 0.273. The number of rotatable bonds is 5. The van der Waals surface area contributed by atoms with Gasteiger partial charge in [0.25, 0.3) is 0 Å². The molecule has 1 aromatic heterocycles. The van der Waals surface area contributed by atoms with Crippen LogP contribution in [-0.2, 0) is 0 Å². The molecule has 5 rings (SSSR count). The Balaban J connectivity index is 1.35. The smallest absolute Gasteiger partial charge is 0.139 e. The number of nitrogen functional groups attached to an aromatic ring is 1. The molecule has 0 unspecified atom stereocenters. The molecule has 0 bridgehead atoms. The zero-order valence-electron chi connectivity index (χ0n) is 15.6. The van der Waals surface area contributed by atoms with Crippen molar-refractivity contribution in [3.63, 3.8) is 0 Å². The van der Waals surface area contributed by atoms with Crippen LogP contribution >= 0.6 is 0 Å². The number of nitrogens with one attached hydrogen (secondary N) is 2. The highest BCUT2D eigenvalue weighted by atomic mass is 16.5. The van der Waals surface area contributed by atoms with Gasteiger partial charge in [-0.05, 0) is 48.1 Å². The van der Waals surface area contributed by atoms with Crippen molar-refractivity contribution in [1.82, 2.24) is 15.3 Å². The summed E-state index contributed by atoms with van der Waals surface area (Å²) in [4.78, 5) is 8.67. The van der Waals surface area contributed by atoms with Gasteiger partial charge in [0.15, 0.2) is 0 Å². The highest BCUT2D eigenvalue weighted by molar-refractivity contribution is 5.83. The number of para-hydroxylation sites is 1. The molecule has 2 fully saturated rings. The molecular formula is C22H23N5O.